The number of fused-ring (bicyclic) bond motifs is 3. The number of imidazole rings is 1. The van der Waals surface area contributed by atoms with E-state index in [-0.39, 0.29) is 0 Å². The molecular weight excluding hydrogens is 176 g/mol. The van der Waals surface area contributed by atoms with Crippen LogP contribution in [0.2, 0.25) is 0 Å². The van der Waals surface area contributed by atoms with Crippen molar-refractivity contribution >= 4 is 16.8 Å². The summed E-state index contributed by atoms with van der Waals surface area (Å²) in [4.78, 5) is 4.50. The second-order valence-electron chi connectivity index (χ2n) is 3.41. The van der Waals surface area contributed by atoms with Crippen LogP contribution >= 0.6 is 0 Å². The van der Waals surface area contributed by atoms with Gasteiger partial charge in [-0.15, -0.1) is 0 Å². The lowest BCUT2D eigenvalue weighted by Crippen LogP contribution is -1.90. The smallest absolute Gasteiger partial charge is 0.232 e. The van der Waals surface area contributed by atoms with Crippen molar-refractivity contribution in [2.75, 3.05) is 0 Å². The van der Waals surface area contributed by atoms with Crippen molar-refractivity contribution in [2.45, 2.75) is 6.92 Å². The second-order valence-corrected chi connectivity index (χ2v) is 3.41. The summed E-state index contributed by atoms with van der Waals surface area (Å²) in [5, 5.41) is 4.32. The van der Waals surface area contributed by atoms with Gasteiger partial charge in [0.25, 0.3) is 0 Å². The first kappa shape index (κ1) is 7.55. The summed E-state index contributed by atoms with van der Waals surface area (Å²) in [6.45, 7) is 1.99. The van der Waals surface area contributed by atoms with Gasteiger partial charge in [0.05, 0.1) is 11.0 Å². The lowest BCUT2D eigenvalue weighted by Gasteiger charge is -1.89. The third kappa shape index (κ3) is 0.775. The topological polar surface area (TPSA) is 35.1 Å². The molecule has 0 N–H and O–H groups in total. The Morgan fingerprint density at radius 2 is 2.00 bits per heavy atom. The van der Waals surface area contributed by atoms with Crippen LogP contribution in [0.25, 0.3) is 16.8 Å². The number of hydrogen-bond donors (Lipinski definition) is 0. The number of aryl methyl sites for hydroxylation is 2. The van der Waals surface area contributed by atoms with Crippen molar-refractivity contribution in [1.29, 1.82) is 0 Å². The molecule has 0 bridgehead atoms. The van der Waals surface area contributed by atoms with Crippen molar-refractivity contribution in [3.63, 3.8) is 0 Å². The molecule has 3 rings (SSSR count). The molecule has 0 amide bonds. The second kappa shape index (κ2) is 2.35. The van der Waals surface area contributed by atoms with E-state index in [0.717, 1.165) is 22.6 Å². The predicted molar refractivity (Wildman–Crippen MR) is 54.2 cm³/mol. The lowest BCUT2D eigenvalue weighted by atomic mass is 10.3. The van der Waals surface area contributed by atoms with E-state index in [9.17, 15) is 0 Å². The summed E-state index contributed by atoms with van der Waals surface area (Å²) in [6, 6.07) is 8.09. The van der Waals surface area contributed by atoms with Gasteiger partial charge in [-0.25, -0.2) is 9.67 Å². The van der Waals surface area contributed by atoms with Gasteiger partial charge in [-0.3, -0.25) is 4.40 Å². The van der Waals surface area contributed by atoms with Crippen molar-refractivity contribution < 1.29 is 0 Å². The Morgan fingerprint density at radius 1 is 1.21 bits per heavy atom. The zero-order chi connectivity index (χ0) is 9.71. The zero-order valence-electron chi connectivity index (χ0n) is 8.10. The van der Waals surface area contributed by atoms with E-state index >= 15 is 0 Å². The standard InChI is InChI=1S/C10H10N4/c1-7-12-13(2)10-11-8-5-3-4-6-9(8)14(7)10/h3-6H,1-2H3. The monoisotopic (exact) mass is 186 g/mol. The first-order chi connectivity index (χ1) is 6.77. The predicted octanol–water partition coefficient (Wildman–Crippen LogP) is 1.53. The van der Waals surface area contributed by atoms with Gasteiger partial charge in [-0.05, 0) is 19.1 Å². The Bertz CT molecular complexity index is 617. The Hall–Kier alpha value is -1.84. The van der Waals surface area contributed by atoms with Crippen molar-refractivity contribution in [3.05, 3.63) is 30.1 Å². The first-order valence-electron chi connectivity index (χ1n) is 4.54. The van der Waals surface area contributed by atoms with E-state index in [1.54, 1.807) is 4.68 Å². The fourth-order valence-electron chi connectivity index (χ4n) is 1.86. The highest BCUT2D eigenvalue weighted by Crippen LogP contribution is 2.16. The van der Waals surface area contributed by atoms with E-state index in [1.807, 2.05) is 32.2 Å². The van der Waals surface area contributed by atoms with Crippen LogP contribution in [0, 0.1) is 6.92 Å². The van der Waals surface area contributed by atoms with E-state index in [1.165, 1.54) is 0 Å². The van der Waals surface area contributed by atoms with Crippen LogP contribution in [0.3, 0.4) is 0 Å². The van der Waals surface area contributed by atoms with E-state index in [0.29, 0.717) is 0 Å². The summed E-state index contributed by atoms with van der Waals surface area (Å²) in [7, 11) is 1.91. The van der Waals surface area contributed by atoms with E-state index in [2.05, 4.69) is 20.5 Å². The SMILES string of the molecule is Cc1nn(C)c2nc3ccccc3n12. The van der Waals surface area contributed by atoms with Gasteiger partial charge >= 0.3 is 0 Å². The molecule has 70 valence electrons. The van der Waals surface area contributed by atoms with Gasteiger partial charge in [0.15, 0.2) is 0 Å². The van der Waals surface area contributed by atoms with Crippen molar-refractivity contribution in [3.8, 4) is 0 Å². The molecule has 0 aliphatic rings. The average molecular weight is 186 g/mol. The van der Waals surface area contributed by atoms with Gasteiger partial charge in [-0.1, -0.05) is 12.1 Å². The maximum Gasteiger partial charge on any atom is 0.232 e. The third-order valence-electron chi connectivity index (χ3n) is 2.45. The first-order valence-corrected chi connectivity index (χ1v) is 4.54. The Morgan fingerprint density at radius 3 is 2.86 bits per heavy atom. The lowest BCUT2D eigenvalue weighted by molar-refractivity contribution is 0.775. The molecule has 0 spiro atoms. The summed E-state index contributed by atoms with van der Waals surface area (Å²) in [6.07, 6.45) is 0. The number of nitrogens with zero attached hydrogens (tertiary/aromatic N) is 4. The van der Waals surface area contributed by atoms with Crippen LogP contribution < -0.4 is 0 Å². The number of hydrogen-bond acceptors (Lipinski definition) is 2. The van der Waals surface area contributed by atoms with Crippen LogP contribution in [0.5, 0.6) is 0 Å². The minimum absolute atomic E-state index is 0.892. The molecule has 3 aromatic rings. The van der Waals surface area contributed by atoms with Crippen LogP contribution in [-0.2, 0) is 7.05 Å². The van der Waals surface area contributed by atoms with Crippen molar-refractivity contribution in [2.24, 2.45) is 7.05 Å². The minimum atomic E-state index is 0.892. The largest absolute Gasteiger partial charge is 0.263 e. The van der Waals surface area contributed by atoms with Gasteiger partial charge in [0.2, 0.25) is 5.78 Å². The van der Waals surface area contributed by atoms with Crippen molar-refractivity contribution in [1.82, 2.24) is 19.2 Å². The fourth-order valence-corrected chi connectivity index (χ4v) is 1.86. The maximum atomic E-state index is 4.50. The van der Waals surface area contributed by atoms with Gasteiger partial charge in [-0.2, -0.15) is 5.10 Å². The number of rotatable bonds is 0. The molecule has 4 nitrogen and oxygen atoms in total. The van der Waals surface area contributed by atoms with Crippen LogP contribution in [0.1, 0.15) is 5.82 Å². The fraction of sp³-hybridized carbons (Fsp3) is 0.200. The van der Waals surface area contributed by atoms with Gasteiger partial charge < -0.3 is 0 Å². The Balaban J connectivity index is 2.65. The molecule has 0 unspecified atom stereocenters. The van der Waals surface area contributed by atoms with E-state index in [4.69, 9.17) is 0 Å². The minimum Gasteiger partial charge on any atom is -0.263 e. The number of aromatic nitrogens is 4. The van der Waals surface area contributed by atoms with Crippen LogP contribution in [-0.4, -0.2) is 19.2 Å². The normalized spacial score (nSPS) is 11.6. The summed E-state index contributed by atoms with van der Waals surface area (Å²) >= 11 is 0. The average Bonchev–Trinajstić information content (AvgIpc) is 2.66. The molecule has 0 saturated heterocycles. The molecule has 0 atom stereocenters. The zero-order valence-corrected chi connectivity index (χ0v) is 8.10. The van der Waals surface area contributed by atoms with Crippen LogP contribution in [0.4, 0.5) is 0 Å². The highest BCUT2D eigenvalue weighted by molar-refractivity contribution is 5.79. The molecule has 2 aromatic heterocycles. The number of benzene rings is 1. The van der Waals surface area contributed by atoms with Gasteiger partial charge in [0.1, 0.15) is 5.82 Å². The molecule has 0 aliphatic heterocycles. The Kier molecular flexibility index (Phi) is 1.27. The van der Waals surface area contributed by atoms with E-state index < -0.39 is 0 Å². The third-order valence-corrected chi connectivity index (χ3v) is 2.45. The summed E-state index contributed by atoms with van der Waals surface area (Å²) in [5.41, 5.74) is 2.14. The molecule has 0 saturated carbocycles. The van der Waals surface area contributed by atoms with Gasteiger partial charge in [0, 0.05) is 7.05 Å². The van der Waals surface area contributed by atoms with Crippen LogP contribution in [0.15, 0.2) is 24.3 Å². The highest BCUT2D eigenvalue weighted by atomic mass is 15.4. The summed E-state index contributed by atoms with van der Waals surface area (Å²) < 4.78 is 3.87. The number of para-hydroxylation sites is 2. The Labute approximate surface area is 80.8 Å². The highest BCUT2D eigenvalue weighted by Gasteiger charge is 2.09. The molecule has 0 aliphatic carbocycles. The maximum absolute atomic E-state index is 4.50. The quantitative estimate of drug-likeness (QED) is 0.533. The molecular formula is C10H10N4. The molecule has 14 heavy (non-hydrogen) atoms. The molecule has 1 aromatic carbocycles. The molecule has 4 heteroatoms. The molecule has 2 heterocycles. The summed E-state index contributed by atoms with van der Waals surface area (Å²) in [5.74, 6) is 1.86. The molecule has 0 radical (unpaired) electrons. The molecule has 0 fully saturated rings.